The third kappa shape index (κ3) is 8.84. The minimum Gasteiger partial charge on any atom is -0.305 e. The molecule has 0 aromatic rings. The van der Waals surface area contributed by atoms with Crippen LogP contribution in [0.3, 0.4) is 0 Å². The zero-order valence-electron chi connectivity index (χ0n) is 3.55. The maximum atomic E-state index is 4.94. The molecule has 0 bridgehead atoms. The lowest BCUT2D eigenvalue weighted by Gasteiger charge is -1.94. The molecule has 0 fully saturated rings. The summed E-state index contributed by atoms with van der Waals surface area (Å²) < 4.78 is 0. The van der Waals surface area contributed by atoms with E-state index in [1.807, 2.05) is 0 Å². The fraction of sp³-hybridized carbons (Fsp3) is 1.00. The predicted molar refractivity (Wildman–Crippen MR) is 29.2 cm³/mol. The Morgan fingerprint density at radius 2 is 1.83 bits per heavy atom. The van der Waals surface area contributed by atoms with E-state index in [9.17, 15) is 0 Å². The van der Waals surface area contributed by atoms with Gasteiger partial charge in [0.05, 0.1) is 0 Å². The highest BCUT2D eigenvalue weighted by Crippen LogP contribution is 1.62. The molecule has 0 aromatic heterocycles. The topological polar surface area (TPSA) is 61.3 Å². The normalized spacial score (nSPS) is 12.5. The van der Waals surface area contributed by atoms with Crippen molar-refractivity contribution in [3.63, 3.8) is 0 Å². The van der Waals surface area contributed by atoms with Crippen LogP contribution in [-0.4, -0.2) is 6.23 Å². The van der Waals surface area contributed by atoms with Crippen molar-refractivity contribution in [1.29, 1.82) is 0 Å². The van der Waals surface area contributed by atoms with Gasteiger partial charge in [0.2, 0.25) is 0 Å². The van der Waals surface area contributed by atoms with Crippen molar-refractivity contribution < 1.29 is 4.84 Å². The van der Waals surface area contributed by atoms with Crippen LogP contribution >= 0.6 is 17.0 Å². The molecule has 0 saturated heterocycles. The summed E-state index contributed by atoms with van der Waals surface area (Å²) in [5.41, 5.74) is 4.94. The van der Waals surface area contributed by atoms with Gasteiger partial charge in [0.1, 0.15) is 6.23 Å². The van der Waals surface area contributed by atoms with Gasteiger partial charge in [-0.05, 0) is 6.92 Å². The van der Waals surface area contributed by atoms with E-state index in [2.05, 4.69) is 10.7 Å². The molecular formula is C2H9BrN2O. The first-order valence-electron chi connectivity index (χ1n) is 1.38. The van der Waals surface area contributed by atoms with Crippen molar-refractivity contribution in [2.45, 2.75) is 13.2 Å². The number of hydrogen-bond acceptors (Lipinski definition) is 3. The van der Waals surface area contributed by atoms with Crippen LogP contribution in [0.4, 0.5) is 0 Å². The van der Waals surface area contributed by atoms with Crippen LogP contribution in [0, 0.1) is 0 Å². The molecule has 0 aromatic carbocycles. The van der Waals surface area contributed by atoms with E-state index in [0.717, 1.165) is 0 Å². The Balaban J connectivity index is 0. The Kier molecular flexibility index (Phi) is 8.59. The highest BCUT2D eigenvalue weighted by Gasteiger charge is 1.79. The van der Waals surface area contributed by atoms with Crippen LogP contribution in [0.25, 0.3) is 0 Å². The molecule has 0 spiro atoms. The second-order valence-electron chi connectivity index (χ2n) is 0.841. The molecule has 0 aliphatic rings. The minimum atomic E-state index is -0.338. The summed E-state index contributed by atoms with van der Waals surface area (Å²) in [5.74, 6) is 4.55. The lowest BCUT2D eigenvalue weighted by atomic mass is 10.7. The van der Waals surface area contributed by atoms with Gasteiger partial charge in [-0.1, -0.05) is 0 Å². The minimum absolute atomic E-state index is 0. The predicted octanol–water partition coefficient (Wildman–Crippen LogP) is -0.241. The third-order valence-corrected chi connectivity index (χ3v) is 0.215. The second-order valence-corrected chi connectivity index (χ2v) is 0.841. The summed E-state index contributed by atoms with van der Waals surface area (Å²) in [4.78, 5) is 4.03. The van der Waals surface area contributed by atoms with Crippen molar-refractivity contribution >= 4 is 17.0 Å². The monoisotopic (exact) mass is 156 g/mol. The van der Waals surface area contributed by atoms with Crippen LogP contribution in [-0.2, 0) is 4.84 Å². The van der Waals surface area contributed by atoms with Gasteiger partial charge in [-0.2, -0.15) is 0 Å². The summed E-state index contributed by atoms with van der Waals surface area (Å²) in [6.07, 6.45) is -0.338. The second kappa shape index (κ2) is 5.36. The molecule has 0 amide bonds. The first-order chi connectivity index (χ1) is 2.27. The van der Waals surface area contributed by atoms with Crippen LogP contribution in [0.15, 0.2) is 0 Å². The fourth-order valence-electron chi connectivity index (χ4n) is 0. The van der Waals surface area contributed by atoms with E-state index in [1.54, 1.807) is 6.92 Å². The maximum Gasteiger partial charge on any atom is 0.123 e. The standard InChI is InChI=1S/C2H8N2O.BrH/c1-2(3)5-4;/h2H,3-4H2,1H3;1H. The number of nitrogens with two attached hydrogens (primary N) is 2. The maximum absolute atomic E-state index is 4.94. The Morgan fingerprint density at radius 3 is 1.83 bits per heavy atom. The Morgan fingerprint density at radius 1 is 1.67 bits per heavy atom. The molecule has 40 valence electrons. The largest absolute Gasteiger partial charge is 0.305 e. The van der Waals surface area contributed by atoms with Crippen LogP contribution in [0.5, 0.6) is 0 Å². The molecule has 0 aliphatic heterocycles. The molecule has 0 aliphatic carbocycles. The van der Waals surface area contributed by atoms with Gasteiger partial charge in [0.15, 0.2) is 0 Å². The summed E-state index contributed by atoms with van der Waals surface area (Å²) in [5, 5.41) is 0. The van der Waals surface area contributed by atoms with Gasteiger partial charge in [-0.25, -0.2) is 5.90 Å². The van der Waals surface area contributed by atoms with Gasteiger partial charge < -0.3 is 5.73 Å². The number of rotatable bonds is 1. The van der Waals surface area contributed by atoms with Gasteiger partial charge >= 0.3 is 0 Å². The molecule has 1 unspecified atom stereocenters. The summed E-state index contributed by atoms with van der Waals surface area (Å²) in [6, 6.07) is 0. The molecule has 0 saturated carbocycles. The molecule has 0 radical (unpaired) electrons. The molecule has 4 N–H and O–H groups in total. The number of hydrogen-bond donors (Lipinski definition) is 2. The van der Waals surface area contributed by atoms with Gasteiger partial charge in [0.25, 0.3) is 0 Å². The highest BCUT2D eigenvalue weighted by atomic mass is 79.9. The van der Waals surface area contributed by atoms with E-state index < -0.39 is 0 Å². The highest BCUT2D eigenvalue weighted by molar-refractivity contribution is 8.93. The van der Waals surface area contributed by atoms with Crippen LogP contribution in [0.1, 0.15) is 6.92 Å². The van der Waals surface area contributed by atoms with Crippen LogP contribution in [0.2, 0.25) is 0 Å². The average molecular weight is 157 g/mol. The first-order valence-corrected chi connectivity index (χ1v) is 1.38. The Labute approximate surface area is 47.4 Å². The first kappa shape index (κ1) is 9.61. The van der Waals surface area contributed by atoms with Crippen molar-refractivity contribution in [1.82, 2.24) is 0 Å². The van der Waals surface area contributed by atoms with Gasteiger partial charge in [-0.3, -0.25) is 4.84 Å². The average Bonchev–Trinajstić information content (AvgIpc) is 1.38. The Bertz CT molecular complexity index is 25.5. The van der Waals surface area contributed by atoms with E-state index >= 15 is 0 Å². The fourth-order valence-corrected chi connectivity index (χ4v) is 0. The van der Waals surface area contributed by atoms with Crippen molar-refractivity contribution in [2.75, 3.05) is 0 Å². The van der Waals surface area contributed by atoms with Crippen molar-refractivity contribution in [2.24, 2.45) is 11.6 Å². The Hall–Kier alpha value is 0.360. The van der Waals surface area contributed by atoms with Gasteiger partial charge in [0, 0.05) is 0 Å². The summed E-state index contributed by atoms with van der Waals surface area (Å²) in [6.45, 7) is 1.65. The zero-order valence-corrected chi connectivity index (χ0v) is 5.26. The molecular weight excluding hydrogens is 148 g/mol. The van der Waals surface area contributed by atoms with Gasteiger partial charge in [-0.15, -0.1) is 17.0 Å². The quantitative estimate of drug-likeness (QED) is 0.407. The van der Waals surface area contributed by atoms with E-state index in [4.69, 9.17) is 5.73 Å². The zero-order chi connectivity index (χ0) is 4.28. The van der Waals surface area contributed by atoms with E-state index in [0.29, 0.717) is 0 Å². The van der Waals surface area contributed by atoms with E-state index in [-0.39, 0.29) is 23.2 Å². The van der Waals surface area contributed by atoms with Crippen LogP contribution < -0.4 is 11.6 Å². The lowest BCUT2D eigenvalue weighted by molar-refractivity contribution is 0.0715. The van der Waals surface area contributed by atoms with Crippen molar-refractivity contribution in [3.05, 3.63) is 0 Å². The van der Waals surface area contributed by atoms with Crippen molar-refractivity contribution in [3.8, 4) is 0 Å². The molecule has 0 rings (SSSR count). The molecule has 3 nitrogen and oxygen atoms in total. The summed E-state index contributed by atoms with van der Waals surface area (Å²) in [7, 11) is 0. The van der Waals surface area contributed by atoms with E-state index in [1.165, 1.54) is 0 Å². The molecule has 0 heterocycles. The summed E-state index contributed by atoms with van der Waals surface area (Å²) >= 11 is 0. The lowest BCUT2D eigenvalue weighted by Crippen LogP contribution is -2.22. The third-order valence-electron chi connectivity index (χ3n) is 0.215. The molecule has 4 heteroatoms. The smallest absolute Gasteiger partial charge is 0.123 e. The molecule has 1 atom stereocenters. The SMILES string of the molecule is Br.CC(N)ON. The number of halogens is 1. The molecule has 6 heavy (non-hydrogen) atoms.